The Morgan fingerprint density at radius 2 is 1.70 bits per heavy atom. The van der Waals surface area contributed by atoms with Crippen molar-refractivity contribution in [2.45, 2.75) is 26.1 Å². The Morgan fingerprint density at radius 1 is 1.08 bits per heavy atom. The third kappa shape index (κ3) is 6.78. The number of nitrogens with zero attached hydrogens (tertiary/aromatic N) is 1. The van der Waals surface area contributed by atoms with E-state index in [2.05, 4.69) is 9.97 Å². The molecule has 37 heavy (non-hydrogen) atoms. The molecule has 0 aliphatic rings. The highest BCUT2D eigenvalue weighted by Gasteiger charge is 2.38. The molecule has 0 aliphatic heterocycles. The summed E-state index contributed by atoms with van der Waals surface area (Å²) in [6, 6.07) is 16.7. The highest BCUT2D eigenvalue weighted by atomic mass is 35.5. The van der Waals surface area contributed by atoms with Crippen LogP contribution >= 0.6 is 11.6 Å². The maximum atomic E-state index is 11.3. The molecule has 1 heterocycles. The van der Waals surface area contributed by atoms with Gasteiger partial charge < -0.3 is 25.7 Å². The molecule has 4 rings (SSSR count). The van der Waals surface area contributed by atoms with Gasteiger partial charge in [-0.3, -0.25) is 0 Å². The van der Waals surface area contributed by atoms with Gasteiger partial charge in [0.05, 0.1) is 21.6 Å². The second-order valence-corrected chi connectivity index (χ2v) is 8.40. The number of fused-ring (bicyclic) bond motifs is 1. The van der Waals surface area contributed by atoms with Gasteiger partial charge in [-0.1, -0.05) is 41.9 Å². The van der Waals surface area contributed by atoms with Crippen LogP contribution < -0.4 is 10.5 Å². The van der Waals surface area contributed by atoms with Crippen LogP contribution in [0.1, 0.15) is 34.5 Å². The molecule has 0 fully saturated rings. The molecule has 0 saturated carbocycles. The van der Waals surface area contributed by atoms with Crippen LogP contribution in [0.3, 0.4) is 0 Å². The number of aliphatic carboxylic acids is 1. The van der Waals surface area contributed by atoms with Gasteiger partial charge in [-0.2, -0.15) is 18.2 Å². The molecule has 3 aromatic carbocycles. The smallest absolute Gasteiger partial charge is 0.478 e. The number of aromatic nitrogens is 2. The second-order valence-electron chi connectivity index (χ2n) is 7.99. The van der Waals surface area contributed by atoms with E-state index in [-0.39, 0.29) is 17.6 Å². The summed E-state index contributed by atoms with van der Waals surface area (Å²) in [6.45, 7) is 3.67. The standard InChI is InChI=1S/C23H20ClN3O3.C2HF3O2/c1-12-3-8-16(9-17(12)22(28)29)30-23-26-20-10-18(19(24)11-21(20)27-23)15-6-4-14(5-7-15)13(2)25;3-2(4,5)1(6)7/h3-11,13H,25H2,1-2H3,(H,26,27)(H,28,29);(H,6,7). The molecule has 5 N–H and O–H groups in total. The van der Waals surface area contributed by atoms with Crippen molar-refractivity contribution in [3.63, 3.8) is 0 Å². The first kappa shape index (κ1) is 27.5. The summed E-state index contributed by atoms with van der Waals surface area (Å²) >= 11 is 6.50. The van der Waals surface area contributed by atoms with Gasteiger partial charge >= 0.3 is 18.1 Å². The molecular weight excluding hydrogens is 515 g/mol. The Hall–Kier alpha value is -4.09. The molecule has 0 bridgehead atoms. The largest absolute Gasteiger partial charge is 0.490 e. The molecular formula is C25H21ClF3N3O5. The van der Waals surface area contributed by atoms with E-state index in [1.54, 1.807) is 25.1 Å². The lowest BCUT2D eigenvalue weighted by Gasteiger charge is -2.08. The van der Waals surface area contributed by atoms with Gasteiger partial charge in [-0.15, -0.1) is 0 Å². The fraction of sp³-hybridized carbons (Fsp3) is 0.160. The minimum atomic E-state index is -5.08. The van der Waals surface area contributed by atoms with Crippen LogP contribution in [-0.2, 0) is 4.79 Å². The number of hydrogen-bond acceptors (Lipinski definition) is 5. The van der Waals surface area contributed by atoms with Crippen molar-refractivity contribution in [1.29, 1.82) is 0 Å². The number of hydrogen-bond donors (Lipinski definition) is 4. The number of halogens is 4. The lowest BCUT2D eigenvalue weighted by atomic mass is 10.0. The zero-order valence-corrected chi connectivity index (χ0v) is 20.2. The van der Waals surface area contributed by atoms with E-state index in [1.807, 2.05) is 37.3 Å². The zero-order chi connectivity index (χ0) is 27.5. The number of aromatic amines is 1. The number of H-pyrrole nitrogens is 1. The van der Waals surface area contributed by atoms with Crippen molar-refractivity contribution in [3.05, 3.63) is 76.3 Å². The van der Waals surface area contributed by atoms with E-state index in [1.165, 1.54) is 6.07 Å². The van der Waals surface area contributed by atoms with Crippen LogP contribution in [0.5, 0.6) is 11.8 Å². The van der Waals surface area contributed by atoms with Gasteiger partial charge in [-0.05, 0) is 54.8 Å². The van der Waals surface area contributed by atoms with Gasteiger partial charge in [0.1, 0.15) is 5.75 Å². The summed E-state index contributed by atoms with van der Waals surface area (Å²) in [5.74, 6) is -3.38. The molecule has 8 nitrogen and oxygen atoms in total. The Morgan fingerprint density at radius 3 is 2.24 bits per heavy atom. The number of benzene rings is 3. The molecule has 1 aromatic heterocycles. The number of nitrogens with one attached hydrogen (secondary N) is 1. The van der Waals surface area contributed by atoms with Gasteiger partial charge in [0, 0.05) is 11.6 Å². The molecule has 4 aromatic rings. The summed E-state index contributed by atoms with van der Waals surface area (Å²) in [4.78, 5) is 27.8. The number of carbonyl (C=O) groups is 2. The van der Waals surface area contributed by atoms with Gasteiger partial charge in [0.25, 0.3) is 6.01 Å². The maximum absolute atomic E-state index is 11.3. The Kier molecular flexibility index (Phi) is 8.09. The molecule has 0 spiro atoms. The van der Waals surface area contributed by atoms with Crippen LogP contribution in [0.15, 0.2) is 54.6 Å². The number of ether oxygens (including phenoxy) is 1. The topological polar surface area (TPSA) is 139 Å². The number of nitrogens with two attached hydrogens (primary N) is 1. The fourth-order valence-corrected chi connectivity index (χ4v) is 3.52. The predicted octanol–water partition coefficient (Wildman–Crippen LogP) is 6.34. The van der Waals surface area contributed by atoms with E-state index in [0.29, 0.717) is 21.9 Å². The maximum Gasteiger partial charge on any atom is 0.490 e. The fourth-order valence-electron chi connectivity index (χ4n) is 3.25. The van der Waals surface area contributed by atoms with E-state index in [9.17, 15) is 23.1 Å². The lowest BCUT2D eigenvalue weighted by Crippen LogP contribution is -2.21. The average molecular weight is 536 g/mol. The number of imidazole rings is 1. The first-order chi connectivity index (χ1) is 17.3. The first-order valence-electron chi connectivity index (χ1n) is 10.6. The number of aromatic carboxylic acids is 1. The van der Waals surface area contributed by atoms with E-state index in [4.69, 9.17) is 32.0 Å². The average Bonchev–Trinajstić information content (AvgIpc) is 3.20. The molecule has 0 amide bonds. The number of rotatable bonds is 5. The summed E-state index contributed by atoms with van der Waals surface area (Å²) in [5, 5.41) is 17.0. The van der Waals surface area contributed by atoms with Gasteiger partial charge in [-0.25, -0.2) is 9.59 Å². The van der Waals surface area contributed by atoms with Crippen molar-refractivity contribution >= 4 is 34.6 Å². The molecule has 0 radical (unpaired) electrons. The summed E-state index contributed by atoms with van der Waals surface area (Å²) in [6.07, 6.45) is -5.08. The second kappa shape index (κ2) is 10.9. The minimum absolute atomic E-state index is 0.0357. The highest BCUT2D eigenvalue weighted by molar-refractivity contribution is 6.34. The Bertz CT molecular complexity index is 1450. The number of alkyl halides is 3. The number of aryl methyl sites for hydroxylation is 1. The molecule has 1 unspecified atom stereocenters. The normalized spacial score (nSPS) is 12.0. The van der Waals surface area contributed by atoms with E-state index < -0.39 is 18.1 Å². The van der Waals surface area contributed by atoms with Crippen molar-refractivity contribution in [2.24, 2.45) is 5.73 Å². The van der Waals surface area contributed by atoms with Crippen LogP contribution in [0.25, 0.3) is 22.2 Å². The highest BCUT2D eigenvalue weighted by Crippen LogP contribution is 2.33. The monoisotopic (exact) mass is 535 g/mol. The molecule has 0 saturated heterocycles. The third-order valence-corrected chi connectivity index (χ3v) is 5.51. The van der Waals surface area contributed by atoms with Crippen LogP contribution in [0.2, 0.25) is 5.02 Å². The van der Waals surface area contributed by atoms with Crippen LogP contribution in [0.4, 0.5) is 13.2 Å². The third-order valence-electron chi connectivity index (χ3n) is 5.19. The quantitative estimate of drug-likeness (QED) is 0.234. The summed E-state index contributed by atoms with van der Waals surface area (Å²) < 4.78 is 37.5. The van der Waals surface area contributed by atoms with Crippen molar-refractivity contribution in [1.82, 2.24) is 9.97 Å². The first-order valence-corrected chi connectivity index (χ1v) is 11.0. The van der Waals surface area contributed by atoms with Crippen LogP contribution in [0, 0.1) is 6.92 Å². The van der Waals surface area contributed by atoms with Crippen molar-refractivity contribution in [2.75, 3.05) is 0 Å². The summed E-state index contributed by atoms with van der Waals surface area (Å²) in [7, 11) is 0. The number of carboxylic acids is 2. The predicted molar refractivity (Wildman–Crippen MR) is 131 cm³/mol. The minimum Gasteiger partial charge on any atom is -0.478 e. The van der Waals surface area contributed by atoms with Gasteiger partial charge in [0.2, 0.25) is 0 Å². The molecule has 1 atom stereocenters. The van der Waals surface area contributed by atoms with E-state index >= 15 is 0 Å². The Balaban J connectivity index is 0.000000479. The number of carboxylic acid groups (broad SMARTS) is 2. The SMILES string of the molecule is Cc1ccc(Oc2nc3cc(-c4ccc(C(C)N)cc4)c(Cl)cc3[nH]2)cc1C(=O)O.O=C(O)C(F)(F)F. The summed E-state index contributed by atoms with van der Waals surface area (Å²) in [5.41, 5.74) is 11.0. The zero-order valence-electron chi connectivity index (χ0n) is 19.4. The van der Waals surface area contributed by atoms with Gasteiger partial charge in [0.15, 0.2) is 0 Å². The molecule has 0 aliphatic carbocycles. The molecule has 12 heteroatoms. The molecule has 194 valence electrons. The van der Waals surface area contributed by atoms with E-state index in [0.717, 1.165) is 22.2 Å². The van der Waals surface area contributed by atoms with Crippen molar-refractivity contribution < 1.29 is 37.7 Å². The lowest BCUT2D eigenvalue weighted by molar-refractivity contribution is -0.192. The van der Waals surface area contributed by atoms with Crippen molar-refractivity contribution in [3.8, 4) is 22.9 Å². The van der Waals surface area contributed by atoms with Crippen LogP contribution in [-0.4, -0.2) is 38.3 Å². The Labute approximate surface area is 213 Å².